The largest absolute Gasteiger partial charge is 0.325 e. The maximum Gasteiger partial charge on any atom is 0.266 e. The van der Waals surface area contributed by atoms with E-state index < -0.39 is 0 Å². The second-order valence-electron chi connectivity index (χ2n) is 8.45. The van der Waals surface area contributed by atoms with Gasteiger partial charge in [0.15, 0.2) is 5.16 Å². The molecule has 0 aliphatic rings. The van der Waals surface area contributed by atoms with Gasteiger partial charge in [-0.3, -0.25) is 14.2 Å². The van der Waals surface area contributed by atoms with Gasteiger partial charge in [-0.1, -0.05) is 67.6 Å². The quantitative estimate of drug-likeness (QED) is 0.291. The van der Waals surface area contributed by atoms with Crippen LogP contribution >= 0.6 is 11.8 Å². The molecule has 4 rings (SSSR count). The van der Waals surface area contributed by atoms with E-state index in [1.165, 1.54) is 17.3 Å². The first kappa shape index (κ1) is 22.8. The van der Waals surface area contributed by atoms with Crippen molar-refractivity contribution in [2.75, 3.05) is 11.1 Å². The van der Waals surface area contributed by atoms with Gasteiger partial charge in [-0.15, -0.1) is 0 Å². The Morgan fingerprint density at radius 2 is 1.76 bits per heavy atom. The highest BCUT2D eigenvalue weighted by atomic mass is 32.2. The molecule has 0 saturated carbocycles. The van der Waals surface area contributed by atoms with Crippen LogP contribution < -0.4 is 10.9 Å². The summed E-state index contributed by atoms with van der Waals surface area (Å²) in [7, 11) is 0. The molecule has 5 nitrogen and oxygen atoms in total. The number of rotatable bonds is 6. The van der Waals surface area contributed by atoms with E-state index in [1.807, 2.05) is 74.5 Å². The van der Waals surface area contributed by atoms with Crippen molar-refractivity contribution in [2.45, 2.75) is 38.8 Å². The zero-order chi connectivity index (χ0) is 23.5. The van der Waals surface area contributed by atoms with Gasteiger partial charge in [0.1, 0.15) is 0 Å². The Balaban J connectivity index is 1.66. The SMILES string of the molecule is Cc1ccc(NC(=O)CSc2nc3ccccc3c(=O)n2-c2ccc(C(C)C)cc2)c(C)c1. The molecule has 4 aromatic rings. The van der Waals surface area contributed by atoms with Crippen LogP contribution in [0.3, 0.4) is 0 Å². The van der Waals surface area contributed by atoms with Crippen LogP contribution in [0.5, 0.6) is 0 Å². The van der Waals surface area contributed by atoms with Crippen molar-refractivity contribution >= 4 is 34.3 Å². The van der Waals surface area contributed by atoms with Crippen molar-refractivity contribution in [1.82, 2.24) is 9.55 Å². The number of carbonyl (C=O) groups is 1. The Hall–Kier alpha value is -3.38. The highest BCUT2D eigenvalue weighted by Crippen LogP contribution is 2.24. The molecule has 3 aromatic carbocycles. The molecule has 0 unspecified atom stereocenters. The fourth-order valence-corrected chi connectivity index (χ4v) is 4.53. The molecular formula is C27H27N3O2S. The van der Waals surface area contributed by atoms with Crippen molar-refractivity contribution in [1.29, 1.82) is 0 Å². The van der Waals surface area contributed by atoms with E-state index in [1.54, 1.807) is 10.6 Å². The molecule has 0 aliphatic heterocycles. The number of nitrogens with zero attached hydrogens (tertiary/aromatic N) is 2. The molecule has 0 fully saturated rings. The number of thioether (sulfide) groups is 1. The van der Waals surface area contributed by atoms with Gasteiger partial charge in [-0.25, -0.2) is 4.98 Å². The number of hydrogen-bond acceptors (Lipinski definition) is 4. The lowest BCUT2D eigenvalue weighted by molar-refractivity contribution is -0.113. The van der Waals surface area contributed by atoms with Gasteiger partial charge in [-0.2, -0.15) is 0 Å². The van der Waals surface area contributed by atoms with Crippen LogP contribution in [0.4, 0.5) is 5.69 Å². The van der Waals surface area contributed by atoms with Crippen molar-refractivity contribution in [3.63, 3.8) is 0 Å². The number of aromatic nitrogens is 2. The number of hydrogen-bond donors (Lipinski definition) is 1. The minimum Gasteiger partial charge on any atom is -0.325 e. The van der Waals surface area contributed by atoms with E-state index in [4.69, 9.17) is 4.98 Å². The molecule has 0 saturated heterocycles. The standard InChI is InChI=1S/C27H27N3O2S/c1-17(2)20-10-12-21(13-11-20)30-26(32)22-7-5-6-8-24(22)29-27(30)33-16-25(31)28-23-14-9-18(3)15-19(23)4/h5-15,17H,16H2,1-4H3,(H,28,31). The van der Waals surface area contributed by atoms with E-state index in [-0.39, 0.29) is 17.2 Å². The predicted molar refractivity (Wildman–Crippen MR) is 137 cm³/mol. The number of benzene rings is 3. The summed E-state index contributed by atoms with van der Waals surface area (Å²) in [5.74, 6) is 0.395. The topological polar surface area (TPSA) is 64.0 Å². The van der Waals surface area contributed by atoms with Gasteiger partial charge in [-0.05, 0) is 61.2 Å². The van der Waals surface area contributed by atoms with Gasteiger partial charge in [0.2, 0.25) is 5.91 Å². The Labute approximate surface area is 197 Å². The fraction of sp³-hybridized carbons (Fsp3) is 0.222. The van der Waals surface area contributed by atoms with Crippen LogP contribution in [-0.4, -0.2) is 21.2 Å². The number of fused-ring (bicyclic) bond motifs is 1. The third kappa shape index (κ3) is 5.01. The average Bonchev–Trinajstić information content (AvgIpc) is 2.80. The summed E-state index contributed by atoms with van der Waals surface area (Å²) in [5, 5.41) is 4.01. The van der Waals surface area contributed by atoms with Gasteiger partial charge < -0.3 is 5.32 Å². The van der Waals surface area contributed by atoms with Crippen molar-refractivity contribution in [3.05, 3.63) is 93.8 Å². The summed E-state index contributed by atoms with van der Waals surface area (Å²) in [5.41, 5.74) is 5.36. The maximum absolute atomic E-state index is 13.4. The molecule has 33 heavy (non-hydrogen) atoms. The lowest BCUT2D eigenvalue weighted by atomic mass is 10.0. The Kier molecular flexibility index (Phi) is 6.65. The number of anilines is 1. The highest BCUT2D eigenvalue weighted by molar-refractivity contribution is 7.99. The first-order valence-corrected chi connectivity index (χ1v) is 11.9. The van der Waals surface area contributed by atoms with Crippen LogP contribution in [0.25, 0.3) is 16.6 Å². The zero-order valence-corrected chi connectivity index (χ0v) is 20.1. The molecule has 0 aliphatic carbocycles. The number of aryl methyl sites for hydroxylation is 2. The molecule has 0 atom stereocenters. The lowest BCUT2D eigenvalue weighted by Crippen LogP contribution is -2.23. The molecular weight excluding hydrogens is 430 g/mol. The van der Waals surface area contributed by atoms with Gasteiger partial charge in [0.25, 0.3) is 5.56 Å². The number of carbonyl (C=O) groups excluding carboxylic acids is 1. The third-order valence-electron chi connectivity index (χ3n) is 5.55. The first-order valence-electron chi connectivity index (χ1n) is 11.0. The van der Waals surface area contributed by atoms with Crippen LogP contribution in [0.1, 0.15) is 36.5 Å². The maximum atomic E-state index is 13.4. The first-order chi connectivity index (χ1) is 15.8. The summed E-state index contributed by atoms with van der Waals surface area (Å²) >= 11 is 1.26. The molecule has 1 aromatic heterocycles. The molecule has 1 heterocycles. The van der Waals surface area contributed by atoms with Crippen LogP contribution in [0.2, 0.25) is 0 Å². The molecule has 1 N–H and O–H groups in total. The zero-order valence-electron chi connectivity index (χ0n) is 19.3. The summed E-state index contributed by atoms with van der Waals surface area (Å²) < 4.78 is 1.60. The van der Waals surface area contributed by atoms with Crippen LogP contribution in [-0.2, 0) is 4.79 Å². The summed E-state index contributed by atoms with van der Waals surface area (Å²) in [6.07, 6.45) is 0. The molecule has 0 spiro atoms. The van der Waals surface area contributed by atoms with Gasteiger partial charge in [0, 0.05) is 5.69 Å². The van der Waals surface area contributed by atoms with Crippen molar-refractivity contribution in [2.24, 2.45) is 0 Å². The summed E-state index contributed by atoms with van der Waals surface area (Å²) in [4.78, 5) is 30.8. The predicted octanol–water partition coefficient (Wildman–Crippen LogP) is 5.86. The Morgan fingerprint density at radius 3 is 2.45 bits per heavy atom. The fourth-order valence-electron chi connectivity index (χ4n) is 3.72. The second kappa shape index (κ2) is 9.63. The Morgan fingerprint density at radius 1 is 1.03 bits per heavy atom. The second-order valence-corrected chi connectivity index (χ2v) is 9.40. The molecule has 0 bridgehead atoms. The van der Waals surface area contributed by atoms with E-state index >= 15 is 0 Å². The molecule has 168 valence electrons. The normalized spacial score (nSPS) is 11.2. The summed E-state index contributed by atoms with van der Waals surface area (Å²) in [6, 6.07) is 21.2. The van der Waals surface area contributed by atoms with E-state index in [9.17, 15) is 9.59 Å². The lowest BCUT2D eigenvalue weighted by Gasteiger charge is -2.14. The minimum absolute atomic E-state index is 0.141. The van der Waals surface area contributed by atoms with Crippen molar-refractivity contribution < 1.29 is 4.79 Å². The number of para-hydroxylation sites is 1. The van der Waals surface area contributed by atoms with Gasteiger partial charge in [0.05, 0.1) is 22.3 Å². The van der Waals surface area contributed by atoms with E-state index in [2.05, 4.69) is 19.2 Å². The molecule has 1 amide bonds. The van der Waals surface area contributed by atoms with E-state index in [0.29, 0.717) is 22.0 Å². The van der Waals surface area contributed by atoms with Crippen LogP contribution in [0, 0.1) is 13.8 Å². The average molecular weight is 458 g/mol. The van der Waals surface area contributed by atoms with Crippen molar-refractivity contribution in [3.8, 4) is 5.69 Å². The highest BCUT2D eigenvalue weighted by Gasteiger charge is 2.15. The third-order valence-corrected chi connectivity index (χ3v) is 6.49. The number of amides is 1. The van der Waals surface area contributed by atoms with Gasteiger partial charge >= 0.3 is 0 Å². The molecule has 6 heteroatoms. The van der Waals surface area contributed by atoms with Crippen LogP contribution in [0.15, 0.2) is 76.7 Å². The monoisotopic (exact) mass is 457 g/mol. The Bertz CT molecular complexity index is 1370. The molecule has 0 radical (unpaired) electrons. The number of nitrogens with one attached hydrogen (secondary N) is 1. The smallest absolute Gasteiger partial charge is 0.266 e. The van der Waals surface area contributed by atoms with E-state index in [0.717, 1.165) is 22.5 Å². The summed E-state index contributed by atoms with van der Waals surface area (Å²) in [6.45, 7) is 8.26. The minimum atomic E-state index is -0.143.